The second kappa shape index (κ2) is 4.13. The van der Waals surface area contributed by atoms with E-state index >= 15 is 0 Å². The topological polar surface area (TPSA) is 29.3 Å². The minimum Gasteiger partial charge on any atom is -0.397 e. The maximum absolute atomic E-state index is 6.02. The van der Waals surface area contributed by atoms with Gasteiger partial charge in [0.05, 0.1) is 11.4 Å². The third kappa shape index (κ3) is 2.25. The van der Waals surface area contributed by atoms with Crippen LogP contribution in [0.2, 0.25) is 0 Å². The SMILES string of the molecule is Cc1ccc(N)c(N2CCCC(C)C2)c1. The lowest BCUT2D eigenvalue weighted by atomic mass is 9.99. The molecular weight excluding hydrogens is 184 g/mol. The summed E-state index contributed by atoms with van der Waals surface area (Å²) in [4.78, 5) is 2.43. The van der Waals surface area contributed by atoms with Gasteiger partial charge in [-0.25, -0.2) is 0 Å². The van der Waals surface area contributed by atoms with Crippen molar-refractivity contribution >= 4 is 11.4 Å². The number of benzene rings is 1. The van der Waals surface area contributed by atoms with Crippen LogP contribution in [-0.4, -0.2) is 13.1 Å². The lowest BCUT2D eigenvalue weighted by molar-refractivity contribution is 0.447. The largest absolute Gasteiger partial charge is 0.397 e. The molecule has 82 valence electrons. The molecule has 0 aromatic heterocycles. The van der Waals surface area contributed by atoms with Crippen molar-refractivity contribution in [1.29, 1.82) is 0 Å². The summed E-state index contributed by atoms with van der Waals surface area (Å²) in [6.07, 6.45) is 2.64. The lowest BCUT2D eigenvalue weighted by Crippen LogP contribution is -2.34. The Morgan fingerprint density at radius 1 is 1.40 bits per heavy atom. The third-order valence-corrected chi connectivity index (χ3v) is 3.18. The van der Waals surface area contributed by atoms with Crippen LogP contribution in [0.3, 0.4) is 0 Å². The van der Waals surface area contributed by atoms with Crippen molar-refractivity contribution in [2.75, 3.05) is 23.7 Å². The second-order valence-corrected chi connectivity index (χ2v) is 4.76. The standard InChI is InChI=1S/C13H20N2/c1-10-5-6-12(14)13(8-10)15-7-3-4-11(2)9-15/h5-6,8,11H,3-4,7,9,14H2,1-2H3. The predicted octanol–water partition coefficient (Wildman–Crippen LogP) is 2.81. The highest BCUT2D eigenvalue weighted by molar-refractivity contribution is 5.68. The number of anilines is 2. The van der Waals surface area contributed by atoms with Gasteiger partial charge in [-0.3, -0.25) is 0 Å². The first-order valence-electron chi connectivity index (χ1n) is 5.78. The number of nitrogens with zero attached hydrogens (tertiary/aromatic N) is 1. The summed E-state index contributed by atoms with van der Waals surface area (Å²) in [6, 6.07) is 6.30. The molecule has 1 aliphatic rings. The Morgan fingerprint density at radius 3 is 2.93 bits per heavy atom. The number of rotatable bonds is 1. The predicted molar refractivity (Wildman–Crippen MR) is 66.2 cm³/mol. The van der Waals surface area contributed by atoms with Crippen LogP contribution in [0.15, 0.2) is 18.2 Å². The van der Waals surface area contributed by atoms with Crippen LogP contribution in [0, 0.1) is 12.8 Å². The molecule has 1 unspecified atom stereocenters. The van der Waals surface area contributed by atoms with E-state index in [1.807, 2.05) is 6.07 Å². The van der Waals surface area contributed by atoms with Crippen LogP contribution in [0.5, 0.6) is 0 Å². The van der Waals surface area contributed by atoms with Crippen molar-refractivity contribution in [3.63, 3.8) is 0 Å². The maximum atomic E-state index is 6.02. The van der Waals surface area contributed by atoms with E-state index in [1.165, 1.54) is 24.1 Å². The van der Waals surface area contributed by atoms with Gasteiger partial charge in [-0.05, 0) is 43.4 Å². The van der Waals surface area contributed by atoms with E-state index in [0.29, 0.717) is 0 Å². The molecule has 0 amide bonds. The van der Waals surface area contributed by atoms with Crippen LogP contribution < -0.4 is 10.6 Å². The average molecular weight is 204 g/mol. The van der Waals surface area contributed by atoms with E-state index in [1.54, 1.807) is 0 Å². The molecule has 1 aliphatic heterocycles. The van der Waals surface area contributed by atoms with Gasteiger partial charge < -0.3 is 10.6 Å². The zero-order valence-corrected chi connectivity index (χ0v) is 9.66. The number of nitrogen functional groups attached to an aromatic ring is 1. The van der Waals surface area contributed by atoms with Gasteiger partial charge >= 0.3 is 0 Å². The molecule has 15 heavy (non-hydrogen) atoms. The summed E-state index contributed by atoms with van der Waals surface area (Å²) >= 11 is 0. The Balaban J connectivity index is 2.24. The van der Waals surface area contributed by atoms with Gasteiger partial charge in [0, 0.05) is 13.1 Å². The number of hydrogen-bond donors (Lipinski definition) is 1. The first-order chi connectivity index (χ1) is 7.16. The third-order valence-electron chi connectivity index (χ3n) is 3.18. The molecular formula is C13H20N2. The zero-order valence-electron chi connectivity index (χ0n) is 9.66. The number of piperidine rings is 1. The molecule has 0 bridgehead atoms. The summed E-state index contributed by atoms with van der Waals surface area (Å²) in [5, 5.41) is 0. The highest BCUT2D eigenvalue weighted by atomic mass is 15.1. The molecule has 1 heterocycles. The van der Waals surface area contributed by atoms with Gasteiger partial charge in [-0.1, -0.05) is 13.0 Å². The summed E-state index contributed by atoms with van der Waals surface area (Å²) in [5.74, 6) is 0.790. The lowest BCUT2D eigenvalue weighted by Gasteiger charge is -2.33. The number of hydrogen-bond acceptors (Lipinski definition) is 2. The van der Waals surface area contributed by atoms with Crippen molar-refractivity contribution in [2.45, 2.75) is 26.7 Å². The average Bonchev–Trinajstić information content (AvgIpc) is 2.22. The van der Waals surface area contributed by atoms with Crippen molar-refractivity contribution in [2.24, 2.45) is 5.92 Å². The molecule has 2 nitrogen and oxygen atoms in total. The molecule has 1 atom stereocenters. The number of nitrogens with two attached hydrogens (primary N) is 1. The first-order valence-corrected chi connectivity index (χ1v) is 5.78. The minimum atomic E-state index is 0.790. The molecule has 2 heteroatoms. The van der Waals surface area contributed by atoms with Crippen LogP contribution in [-0.2, 0) is 0 Å². The van der Waals surface area contributed by atoms with Gasteiger partial charge in [0.1, 0.15) is 0 Å². The van der Waals surface area contributed by atoms with Gasteiger partial charge in [-0.2, -0.15) is 0 Å². The van der Waals surface area contributed by atoms with Crippen LogP contribution >= 0.6 is 0 Å². The Labute approximate surface area is 92.1 Å². The first kappa shape index (κ1) is 10.3. The van der Waals surface area contributed by atoms with Crippen molar-refractivity contribution in [3.8, 4) is 0 Å². The highest BCUT2D eigenvalue weighted by Gasteiger charge is 2.18. The fraction of sp³-hybridized carbons (Fsp3) is 0.538. The quantitative estimate of drug-likeness (QED) is 0.713. The second-order valence-electron chi connectivity index (χ2n) is 4.76. The van der Waals surface area contributed by atoms with Gasteiger partial charge in [-0.15, -0.1) is 0 Å². The minimum absolute atomic E-state index is 0.790. The van der Waals surface area contributed by atoms with Crippen molar-refractivity contribution in [1.82, 2.24) is 0 Å². The van der Waals surface area contributed by atoms with E-state index in [-0.39, 0.29) is 0 Å². The monoisotopic (exact) mass is 204 g/mol. The molecule has 1 fully saturated rings. The Kier molecular flexibility index (Phi) is 2.85. The van der Waals surface area contributed by atoms with E-state index in [2.05, 4.69) is 30.9 Å². The van der Waals surface area contributed by atoms with Crippen LogP contribution in [0.25, 0.3) is 0 Å². The van der Waals surface area contributed by atoms with E-state index < -0.39 is 0 Å². The molecule has 1 aromatic carbocycles. The number of aryl methyl sites for hydroxylation is 1. The highest BCUT2D eigenvalue weighted by Crippen LogP contribution is 2.28. The Hall–Kier alpha value is -1.18. The summed E-state index contributed by atoms with van der Waals surface area (Å²) < 4.78 is 0. The molecule has 2 N–H and O–H groups in total. The van der Waals surface area contributed by atoms with Gasteiger partial charge in [0.2, 0.25) is 0 Å². The molecule has 1 saturated heterocycles. The molecule has 2 rings (SSSR count). The normalized spacial score (nSPS) is 21.7. The molecule has 0 spiro atoms. The van der Waals surface area contributed by atoms with Gasteiger partial charge in [0.25, 0.3) is 0 Å². The van der Waals surface area contributed by atoms with E-state index in [4.69, 9.17) is 5.73 Å². The van der Waals surface area contributed by atoms with Crippen molar-refractivity contribution in [3.05, 3.63) is 23.8 Å². The van der Waals surface area contributed by atoms with E-state index in [9.17, 15) is 0 Å². The smallest absolute Gasteiger partial charge is 0.0602 e. The zero-order chi connectivity index (χ0) is 10.8. The van der Waals surface area contributed by atoms with Gasteiger partial charge in [0.15, 0.2) is 0 Å². The summed E-state index contributed by atoms with van der Waals surface area (Å²) in [7, 11) is 0. The maximum Gasteiger partial charge on any atom is 0.0602 e. The Morgan fingerprint density at radius 2 is 2.20 bits per heavy atom. The van der Waals surface area contributed by atoms with Crippen molar-refractivity contribution < 1.29 is 0 Å². The van der Waals surface area contributed by atoms with E-state index in [0.717, 1.165) is 24.7 Å². The Bertz CT molecular complexity index is 346. The molecule has 0 saturated carbocycles. The fourth-order valence-electron chi connectivity index (χ4n) is 2.34. The fourth-order valence-corrected chi connectivity index (χ4v) is 2.34. The molecule has 1 aromatic rings. The van der Waals surface area contributed by atoms with Crippen LogP contribution in [0.4, 0.5) is 11.4 Å². The van der Waals surface area contributed by atoms with Crippen LogP contribution in [0.1, 0.15) is 25.3 Å². The molecule has 0 radical (unpaired) electrons. The summed E-state index contributed by atoms with van der Waals surface area (Å²) in [5.41, 5.74) is 9.45. The molecule has 0 aliphatic carbocycles. The summed E-state index contributed by atoms with van der Waals surface area (Å²) in [6.45, 7) is 6.74.